The second-order valence-corrected chi connectivity index (χ2v) is 6.98. The maximum absolute atomic E-state index is 11.3. The first-order valence-corrected chi connectivity index (χ1v) is 8.57. The van der Waals surface area contributed by atoms with Crippen molar-refractivity contribution >= 4 is 77.2 Å². The molecule has 0 spiro atoms. The fraction of sp³-hybridized carbons (Fsp3) is 0. The van der Waals surface area contributed by atoms with E-state index in [1.165, 1.54) is 23.7 Å². The van der Waals surface area contributed by atoms with Crippen LogP contribution in [0.1, 0.15) is 0 Å². The number of rotatable bonds is 3. The minimum absolute atomic E-state index is 0. The molecule has 0 bridgehead atoms. The molecule has 2 heterocycles. The van der Waals surface area contributed by atoms with Crippen LogP contribution in [-0.4, -0.2) is 14.9 Å². The van der Waals surface area contributed by atoms with Crippen molar-refractivity contribution in [2.75, 3.05) is 5.32 Å². The van der Waals surface area contributed by atoms with E-state index in [2.05, 4.69) is 31.2 Å². The fourth-order valence-corrected chi connectivity index (χ4v) is 4.10. The topological polar surface area (TPSA) is 81.0 Å². The highest BCUT2D eigenvalue weighted by atomic mass is 79.9. The number of benzene rings is 2. The molecule has 0 radical (unpaired) electrons. The SMILES string of the molecule is Cl.O=[N+]([O-])c1cccc2c1sc1c(Nc3cccc(Br)c3)ncnc12. The summed E-state index contributed by atoms with van der Waals surface area (Å²) in [6.07, 6.45) is 1.47. The largest absolute Gasteiger partial charge is 0.339 e. The van der Waals surface area contributed by atoms with Crippen LogP contribution < -0.4 is 5.32 Å². The lowest BCUT2D eigenvalue weighted by molar-refractivity contribution is -0.382. The first-order chi connectivity index (χ1) is 11.6. The van der Waals surface area contributed by atoms with Crippen LogP contribution in [0, 0.1) is 10.1 Å². The Labute approximate surface area is 160 Å². The maximum Gasteiger partial charge on any atom is 0.287 e. The molecule has 0 aliphatic heterocycles. The number of nitro groups is 1. The monoisotopic (exact) mass is 436 g/mol. The van der Waals surface area contributed by atoms with Gasteiger partial charge in [-0.2, -0.15) is 0 Å². The maximum atomic E-state index is 11.3. The molecule has 0 amide bonds. The van der Waals surface area contributed by atoms with E-state index in [-0.39, 0.29) is 23.0 Å². The van der Waals surface area contributed by atoms with E-state index in [9.17, 15) is 10.1 Å². The minimum atomic E-state index is -0.369. The van der Waals surface area contributed by atoms with Gasteiger partial charge in [0.05, 0.1) is 15.1 Å². The Morgan fingerprint density at radius 3 is 2.68 bits per heavy atom. The Hall–Kier alpha value is -2.29. The zero-order chi connectivity index (χ0) is 16.7. The molecule has 2 aromatic carbocycles. The predicted octanol–water partition coefficient (Wildman–Crippen LogP) is 5.68. The molecule has 0 saturated carbocycles. The zero-order valence-corrected chi connectivity index (χ0v) is 15.7. The Morgan fingerprint density at radius 1 is 1.12 bits per heavy atom. The number of hydrogen-bond acceptors (Lipinski definition) is 6. The molecule has 4 aromatic rings. The van der Waals surface area contributed by atoms with Crippen LogP contribution in [-0.2, 0) is 0 Å². The van der Waals surface area contributed by atoms with E-state index in [4.69, 9.17) is 0 Å². The van der Waals surface area contributed by atoms with Crippen molar-refractivity contribution in [1.82, 2.24) is 9.97 Å². The third kappa shape index (κ3) is 3.15. The van der Waals surface area contributed by atoms with Crippen LogP contribution in [0.15, 0.2) is 53.3 Å². The number of nitro benzene ring substituents is 1. The summed E-state index contributed by atoms with van der Waals surface area (Å²) < 4.78 is 2.35. The second-order valence-electron chi connectivity index (χ2n) is 5.05. The number of hydrogen-bond donors (Lipinski definition) is 1. The molecule has 126 valence electrons. The number of non-ortho nitro benzene ring substituents is 1. The molecule has 9 heteroatoms. The van der Waals surface area contributed by atoms with Gasteiger partial charge < -0.3 is 5.32 Å². The molecule has 0 unspecified atom stereocenters. The van der Waals surface area contributed by atoms with Crippen LogP contribution in [0.2, 0.25) is 0 Å². The molecule has 2 aromatic heterocycles. The molecule has 6 nitrogen and oxygen atoms in total. The van der Waals surface area contributed by atoms with Gasteiger partial charge in [-0.3, -0.25) is 10.1 Å². The van der Waals surface area contributed by atoms with Crippen molar-refractivity contribution in [3.8, 4) is 0 Å². The molecule has 0 aliphatic carbocycles. The van der Waals surface area contributed by atoms with E-state index in [0.29, 0.717) is 16.0 Å². The number of halogens is 2. The smallest absolute Gasteiger partial charge is 0.287 e. The normalized spacial score (nSPS) is 10.6. The Balaban J connectivity index is 0.00000182. The van der Waals surface area contributed by atoms with E-state index >= 15 is 0 Å². The summed E-state index contributed by atoms with van der Waals surface area (Å²) in [6.45, 7) is 0. The predicted molar refractivity (Wildman–Crippen MR) is 106 cm³/mol. The number of aromatic nitrogens is 2. The van der Waals surface area contributed by atoms with Crippen molar-refractivity contribution in [2.45, 2.75) is 0 Å². The average Bonchev–Trinajstić information content (AvgIpc) is 2.94. The third-order valence-corrected chi connectivity index (χ3v) is 5.26. The van der Waals surface area contributed by atoms with Crippen molar-refractivity contribution in [1.29, 1.82) is 0 Å². The van der Waals surface area contributed by atoms with Gasteiger partial charge in [0.25, 0.3) is 5.69 Å². The summed E-state index contributed by atoms with van der Waals surface area (Å²) in [4.78, 5) is 19.5. The fourth-order valence-electron chi connectivity index (χ4n) is 2.52. The number of thiophene rings is 1. The molecular weight excluding hydrogens is 428 g/mol. The zero-order valence-electron chi connectivity index (χ0n) is 12.5. The summed E-state index contributed by atoms with van der Waals surface area (Å²) in [6, 6.07) is 12.7. The molecule has 25 heavy (non-hydrogen) atoms. The number of fused-ring (bicyclic) bond motifs is 3. The van der Waals surface area contributed by atoms with Gasteiger partial charge in [-0.15, -0.1) is 23.7 Å². The Morgan fingerprint density at radius 2 is 1.92 bits per heavy atom. The molecule has 0 saturated heterocycles. The molecule has 4 rings (SSSR count). The van der Waals surface area contributed by atoms with Gasteiger partial charge in [-0.25, -0.2) is 9.97 Å². The van der Waals surface area contributed by atoms with Gasteiger partial charge in [0.15, 0.2) is 5.82 Å². The second kappa shape index (κ2) is 6.91. The van der Waals surface area contributed by atoms with Gasteiger partial charge in [0, 0.05) is 21.6 Å². The van der Waals surface area contributed by atoms with Crippen LogP contribution in [0.5, 0.6) is 0 Å². The summed E-state index contributed by atoms with van der Waals surface area (Å²) in [5, 5.41) is 15.3. The molecule has 0 atom stereocenters. The van der Waals surface area contributed by atoms with Gasteiger partial charge in [0.1, 0.15) is 11.0 Å². The van der Waals surface area contributed by atoms with Crippen molar-refractivity contribution in [3.05, 3.63) is 63.4 Å². The third-order valence-electron chi connectivity index (χ3n) is 3.54. The molecule has 0 aliphatic rings. The lowest BCUT2D eigenvalue weighted by Gasteiger charge is -2.06. The average molecular weight is 438 g/mol. The van der Waals surface area contributed by atoms with Gasteiger partial charge in [0.2, 0.25) is 0 Å². The minimum Gasteiger partial charge on any atom is -0.339 e. The lowest BCUT2D eigenvalue weighted by Crippen LogP contribution is -1.94. The first kappa shape index (κ1) is 17.5. The van der Waals surface area contributed by atoms with Crippen LogP contribution in [0.3, 0.4) is 0 Å². The molecule has 0 fully saturated rings. The van der Waals surface area contributed by atoms with Gasteiger partial charge >= 0.3 is 0 Å². The summed E-state index contributed by atoms with van der Waals surface area (Å²) in [5.41, 5.74) is 1.67. The van der Waals surface area contributed by atoms with Crippen LogP contribution in [0.25, 0.3) is 20.3 Å². The number of anilines is 2. The van der Waals surface area contributed by atoms with E-state index < -0.39 is 0 Å². The molecule has 1 N–H and O–H groups in total. The van der Waals surface area contributed by atoms with Crippen LogP contribution >= 0.6 is 39.7 Å². The Kier molecular flexibility index (Phi) is 4.85. The van der Waals surface area contributed by atoms with E-state index in [1.807, 2.05) is 30.3 Å². The van der Waals surface area contributed by atoms with Crippen molar-refractivity contribution < 1.29 is 4.92 Å². The first-order valence-electron chi connectivity index (χ1n) is 6.96. The Bertz CT molecular complexity index is 1100. The summed E-state index contributed by atoms with van der Waals surface area (Å²) >= 11 is 4.76. The van der Waals surface area contributed by atoms with Gasteiger partial charge in [-0.05, 0) is 18.2 Å². The molecular formula is C16H10BrClN4O2S. The summed E-state index contributed by atoms with van der Waals surface area (Å²) in [5.74, 6) is 0.633. The highest BCUT2D eigenvalue weighted by molar-refractivity contribution is 9.10. The van der Waals surface area contributed by atoms with Gasteiger partial charge in [-0.1, -0.05) is 34.1 Å². The quantitative estimate of drug-likeness (QED) is 0.329. The number of nitrogens with one attached hydrogen (secondary N) is 1. The van der Waals surface area contributed by atoms with E-state index in [0.717, 1.165) is 20.2 Å². The standard InChI is InChI=1S/C16H9BrN4O2S.ClH/c17-9-3-1-4-10(7-9)20-16-15-13(18-8-19-16)11-5-2-6-12(21(22)23)14(11)24-15;/h1-8H,(H,18,19,20);1H. The highest BCUT2D eigenvalue weighted by Gasteiger charge is 2.19. The van der Waals surface area contributed by atoms with Crippen molar-refractivity contribution in [2.24, 2.45) is 0 Å². The van der Waals surface area contributed by atoms with Crippen LogP contribution in [0.4, 0.5) is 17.2 Å². The number of nitrogens with zero attached hydrogens (tertiary/aromatic N) is 3. The lowest BCUT2D eigenvalue weighted by atomic mass is 10.2. The summed E-state index contributed by atoms with van der Waals surface area (Å²) in [7, 11) is 0. The van der Waals surface area contributed by atoms with E-state index in [1.54, 1.807) is 6.07 Å². The highest BCUT2D eigenvalue weighted by Crippen LogP contribution is 2.40. The van der Waals surface area contributed by atoms with Crippen molar-refractivity contribution in [3.63, 3.8) is 0 Å².